The Morgan fingerprint density at radius 3 is 2.68 bits per heavy atom. The fraction of sp³-hybridized carbons (Fsp3) is 0.150. The van der Waals surface area contributed by atoms with Gasteiger partial charge in [0.1, 0.15) is 12.1 Å². The van der Waals surface area contributed by atoms with Crippen LogP contribution in [0.5, 0.6) is 0 Å². The average molecular weight is 461 g/mol. The van der Waals surface area contributed by atoms with Crippen LogP contribution in [-0.2, 0) is 16.9 Å². The molecule has 1 saturated heterocycles. The Hall–Kier alpha value is -2.64. The summed E-state index contributed by atoms with van der Waals surface area (Å²) in [5.41, 5.74) is 0.350. The minimum absolute atomic E-state index is 0.0537. The first kappa shape index (κ1) is 18.7. The van der Waals surface area contributed by atoms with Gasteiger partial charge in [0.05, 0.1) is 6.20 Å². The van der Waals surface area contributed by atoms with Crippen LogP contribution in [0.15, 0.2) is 63.6 Å². The maximum absolute atomic E-state index is 13.0. The molecule has 8 heteroatoms. The standard InChI is InChI=1S/C20H15BrClN3O3/c1-20(13-3-2-4-14(21)9-13)18(26)25(19(27)24-20)11-17-23-10-16(28-17)12-5-7-15(22)8-6-12/h2-10H,11H2,1H3,(H,24,27)/t20-/m1/s1. The van der Waals surface area contributed by atoms with Crippen molar-refractivity contribution in [3.63, 3.8) is 0 Å². The Morgan fingerprint density at radius 2 is 1.96 bits per heavy atom. The van der Waals surface area contributed by atoms with Crippen molar-refractivity contribution in [2.75, 3.05) is 0 Å². The van der Waals surface area contributed by atoms with E-state index in [9.17, 15) is 9.59 Å². The van der Waals surface area contributed by atoms with Crippen LogP contribution in [0.2, 0.25) is 5.02 Å². The van der Waals surface area contributed by atoms with Crippen LogP contribution in [0.25, 0.3) is 11.3 Å². The molecule has 4 rings (SSSR count). The predicted molar refractivity (Wildman–Crippen MR) is 108 cm³/mol. The minimum Gasteiger partial charge on any atom is -0.439 e. The Bertz CT molecular complexity index is 1070. The molecule has 0 bridgehead atoms. The summed E-state index contributed by atoms with van der Waals surface area (Å²) in [6, 6.07) is 13.9. The summed E-state index contributed by atoms with van der Waals surface area (Å²) in [5.74, 6) is 0.447. The molecule has 0 unspecified atom stereocenters. The highest BCUT2D eigenvalue weighted by atomic mass is 79.9. The largest absolute Gasteiger partial charge is 0.439 e. The smallest absolute Gasteiger partial charge is 0.325 e. The Morgan fingerprint density at radius 1 is 1.21 bits per heavy atom. The molecule has 0 aliphatic carbocycles. The minimum atomic E-state index is -1.15. The highest BCUT2D eigenvalue weighted by Gasteiger charge is 2.49. The van der Waals surface area contributed by atoms with Gasteiger partial charge in [0.2, 0.25) is 5.89 Å². The van der Waals surface area contributed by atoms with Crippen molar-refractivity contribution >= 4 is 39.5 Å². The SMILES string of the molecule is C[C@]1(c2cccc(Br)c2)NC(=O)N(Cc2ncc(-c3ccc(Cl)cc3)o2)C1=O. The number of carbonyl (C=O) groups is 2. The number of hydrogen-bond acceptors (Lipinski definition) is 4. The molecule has 0 radical (unpaired) electrons. The first-order valence-corrected chi connectivity index (χ1v) is 9.65. The lowest BCUT2D eigenvalue weighted by molar-refractivity contribution is -0.131. The summed E-state index contributed by atoms with van der Waals surface area (Å²) in [5, 5.41) is 3.39. The van der Waals surface area contributed by atoms with Crippen molar-refractivity contribution in [3.05, 3.63) is 75.7 Å². The van der Waals surface area contributed by atoms with Crippen molar-refractivity contribution in [2.45, 2.75) is 19.0 Å². The number of urea groups is 1. The van der Waals surface area contributed by atoms with Gasteiger partial charge in [0.25, 0.3) is 5.91 Å². The number of halogens is 2. The average Bonchev–Trinajstić information content (AvgIpc) is 3.22. The zero-order chi connectivity index (χ0) is 19.9. The van der Waals surface area contributed by atoms with E-state index in [0.717, 1.165) is 14.9 Å². The molecule has 1 aliphatic heterocycles. The number of nitrogens with zero attached hydrogens (tertiary/aromatic N) is 2. The number of hydrogen-bond donors (Lipinski definition) is 1. The molecule has 1 N–H and O–H groups in total. The molecule has 6 nitrogen and oxygen atoms in total. The van der Waals surface area contributed by atoms with E-state index in [-0.39, 0.29) is 18.3 Å². The van der Waals surface area contributed by atoms with E-state index in [1.807, 2.05) is 30.3 Å². The molecule has 3 aromatic rings. The number of rotatable bonds is 4. The predicted octanol–water partition coefficient (Wildman–Crippen LogP) is 4.72. The lowest BCUT2D eigenvalue weighted by Crippen LogP contribution is -2.40. The van der Waals surface area contributed by atoms with Crippen LogP contribution in [0.4, 0.5) is 4.79 Å². The van der Waals surface area contributed by atoms with Crippen molar-refractivity contribution in [2.24, 2.45) is 0 Å². The van der Waals surface area contributed by atoms with Gasteiger partial charge in [0, 0.05) is 15.1 Å². The van der Waals surface area contributed by atoms with Gasteiger partial charge < -0.3 is 9.73 Å². The second-order valence-corrected chi connectivity index (χ2v) is 7.93. The monoisotopic (exact) mass is 459 g/mol. The third kappa shape index (κ3) is 3.31. The van der Waals surface area contributed by atoms with Gasteiger partial charge in [-0.2, -0.15) is 0 Å². The number of nitrogens with one attached hydrogen (secondary N) is 1. The molecule has 2 aromatic carbocycles. The molecule has 1 aliphatic rings. The first-order chi connectivity index (χ1) is 13.4. The maximum Gasteiger partial charge on any atom is 0.325 e. The number of oxazole rings is 1. The van der Waals surface area contributed by atoms with Crippen LogP contribution in [0, 0.1) is 0 Å². The number of amides is 3. The van der Waals surface area contributed by atoms with E-state index in [1.54, 1.807) is 31.3 Å². The van der Waals surface area contributed by atoms with E-state index < -0.39 is 11.6 Å². The fourth-order valence-corrected chi connectivity index (χ4v) is 3.63. The van der Waals surface area contributed by atoms with Crippen molar-refractivity contribution in [1.29, 1.82) is 0 Å². The zero-order valence-corrected chi connectivity index (χ0v) is 17.1. The van der Waals surface area contributed by atoms with Crippen LogP contribution in [0.1, 0.15) is 18.4 Å². The zero-order valence-electron chi connectivity index (χ0n) is 14.8. The maximum atomic E-state index is 13.0. The normalized spacial score (nSPS) is 19.2. The number of carbonyl (C=O) groups excluding carboxylic acids is 2. The number of aromatic nitrogens is 1. The molecule has 2 heterocycles. The van der Waals surface area contributed by atoms with Gasteiger partial charge in [-0.15, -0.1) is 0 Å². The van der Waals surface area contributed by atoms with Crippen LogP contribution in [-0.4, -0.2) is 21.8 Å². The van der Waals surface area contributed by atoms with Crippen LogP contribution in [0.3, 0.4) is 0 Å². The van der Waals surface area contributed by atoms with Gasteiger partial charge in [0.15, 0.2) is 5.76 Å². The van der Waals surface area contributed by atoms with Gasteiger partial charge in [-0.05, 0) is 48.9 Å². The number of imide groups is 1. The molecule has 1 aromatic heterocycles. The van der Waals surface area contributed by atoms with Gasteiger partial charge >= 0.3 is 6.03 Å². The summed E-state index contributed by atoms with van der Waals surface area (Å²) in [7, 11) is 0. The summed E-state index contributed by atoms with van der Waals surface area (Å²) < 4.78 is 6.55. The van der Waals surface area contributed by atoms with Crippen LogP contribution >= 0.6 is 27.5 Å². The molecule has 142 valence electrons. The molecule has 0 saturated carbocycles. The van der Waals surface area contributed by atoms with E-state index in [2.05, 4.69) is 26.2 Å². The molecular weight excluding hydrogens is 446 g/mol. The Kier molecular flexibility index (Phi) is 4.72. The highest BCUT2D eigenvalue weighted by Crippen LogP contribution is 2.31. The van der Waals surface area contributed by atoms with Crippen molar-refractivity contribution in [3.8, 4) is 11.3 Å². The molecule has 1 atom stereocenters. The summed E-state index contributed by atoms with van der Waals surface area (Å²) in [6.07, 6.45) is 1.56. The third-order valence-corrected chi connectivity index (χ3v) is 5.40. The van der Waals surface area contributed by atoms with Gasteiger partial charge in [-0.25, -0.2) is 9.78 Å². The van der Waals surface area contributed by atoms with Crippen LogP contribution < -0.4 is 5.32 Å². The van der Waals surface area contributed by atoms with Gasteiger partial charge in [-0.1, -0.05) is 39.7 Å². The highest BCUT2D eigenvalue weighted by molar-refractivity contribution is 9.10. The topological polar surface area (TPSA) is 75.4 Å². The lowest BCUT2D eigenvalue weighted by atomic mass is 9.92. The van der Waals surface area contributed by atoms with E-state index in [4.69, 9.17) is 16.0 Å². The molecule has 3 amide bonds. The summed E-state index contributed by atoms with van der Waals surface area (Å²) >= 11 is 9.29. The summed E-state index contributed by atoms with van der Waals surface area (Å²) in [6.45, 7) is 1.63. The molecule has 28 heavy (non-hydrogen) atoms. The van der Waals surface area contributed by atoms with E-state index in [0.29, 0.717) is 16.3 Å². The second-order valence-electron chi connectivity index (χ2n) is 6.58. The quantitative estimate of drug-likeness (QED) is 0.571. The fourth-order valence-electron chi connectivity index (χ4n) is 3.10. The van der Waals surface area contributed by atoms with Crippen molar-refractivity contribution < 1.29 is 14.0 Å². The van der Waals surface area contributed by atoms with Gasteiger partial charge in [-0.3, -0.25) is 9.69 Å². The lowest BCUT2D eigenvalue weighted by Gasteiger charge is -2.22. The molecule has 1 fully saturated rings. The second kappa shape index (κ2) is 7.07. The molecule has 0 spiro atoms. The Balaban J connectivity index is 1.56. The van der Waals surface area contributed by atoms with E-state index in [1.165, 1.54) is 0 Å². The van der Waals surface area contributed by atoms with E-state index >= 15 is 0 Å². The summed E-state index contributed by atoms with van der Waals surface area (Å²) in [4.78, 5) is 30.8. The first-order valence-electron chi connectivity index (χ1n) is 8.47. The molecular formula is C20H15BrClN3O3. The third-order valence-electron chi connectivity index (χ3n) is 4.65. The Labute approximate surface area is 174 Å². The number of benzene rings is 2. The van der Waals surface area contributed by atoms with Crippen molar-refractivity contribution in [1.82, 2.24) is 15.2 Å².